The number of benzene rings is 1. The van der Waals surface area contributed by atoms with E-state index in [-0.39, 0.29) is 6.09 Å². The Bertz CT molecular complexity index is 491. The maximum Gasteiger partial charge on any atom is 0.409 e. The Morgan fingerprint density at radius 2 is 1.90 bits per heavy atom. The zero-order valence-corrected chi connectivity index (χ0v) is 15.5. The topological polar surface area (TPSA) is 41.6 Å². The van der Waals surface area contributed by atoms with E-state index in [0.29, 0.717) is 12.6 Å². The van der Waals surface area contributed by atoms with Crippen LogP contribution >= 0.6 is 31.9 Å². The molecule has 0 bridgehead atoms. The third-order valence-electron chi connectivity index (χ3n) is 3.56. The highest BCUT2D eigenvalue weighted by atomic mass is 79.9. The first kappa shape index (κ1) is 16.6. The van der Waals surface area contributed by atoms with E-state index in [1.807, 2.05) is 6.92 Å². The zero-order chi connectivity index (χ0) is 15.4. The van der Waals surface area contributed by atoms with Crippen molar-refractivity contribution in [1.82, 2.24) is 4.90 Å². The molecule has 1 aliphatic rings. The fourth-order valence-electron chi connectivity index (χ4n) is 2.46. The minimum absolute atomic E-state index is 0.200. The smallest absolute Gasteiger partial charge is 0.409 e. The molecule has 1 aromatic carbocycles. The number of likely N-dealkylation sites (tertiary alicyclic amines) is 1. The minimum Gasteiger partial charge on any atom is -0.450 e. The Morgan fingerprint density at radius 3 is 2.43 bits per heavy atom. The maximum atomic E-state index is 11.7. The summed E-state index contributed by atoms with van der Waals surface area (Å²) >= 11 is 7.21. The van der Waals surface area contributed by atoms with Crippen LogP contribution in [-0.4, -0.2) is 36.7 Å². The predicted molar refractivity (Wildman–Crippen MR) is 91.8 cm³/mol. The van der Waals surface area contributed by atoms with E-state index in [0.717, 1.165) is 40.6 Å². The van der Waals surface area contributed by atoms with E-state index < -0.39 is 0 Å². The molecule has 2 rings (SSSR count). The van der Waals surface area contributed by atoms with Gasteiger partial charge >= 0.3 is 6.09 Å². The van der Waals surface area contributed by atoms with Crippen molar-refractivity contribution >= 4 is 43.6 Å². The molecule has 0 aromatic heterocycles. The zero-order valence-electron chi connectivity index (χ0n) is 12.3. The van der Waals surface area contributed by atoms with Gasteiger partial charge in [-0.3, -0.25) is 0 Å². The number of rotatable bonds is 3. The number of amides is 1. The van der Waals surface area contributed by atoms with Crippen LogP contribution in [-0.2, 0) is 4.74 Å². The Morgan fingerprint density at radius 1 is 1.33 bits per heavy atom. The second-order valence-electron chi connectivity index (χ2n) is 5.21. The van der Waals surface area contributed by atoms with Gasteiger partial charge < -0.3 is 15.0 Å². The van der Waals surface area contributed by atoms with Gasteiger partial charge in [0, 0.05) is 28.1 Å². The fraction of sp³-hybridized carbons (Fsp3) is 0.533. The van der Waals surface area contributed by atoms with Gasteiger partial charge in [-0.25, -0.2) is 4.79 Å². The van der Waals surface area contributed by atoms with Crippen LogP contribution < -0.4 is 5.32 Å². The average molecular weight is 420 g/mol. The summed E-state index contributed by atoms with van der Waals surface area (Å²) in [4.78, 5) is 13.5. The van der Waals surface area contributed by atoms with Crippen LogP contribution in [0.15, 0.2) is 21.1 Å². The van der Waals surface area contributed by atoms with Crippen molar-refractivity contribution in [1.29, 1.82) is 0 Å². The number of hydrogen-bond donors (Lipinski definition) is 1. The van der Waals surface area contributed by atoms with Crippen LogP contribution in [0.25, 0.3) is 0 Å². The molecule has 1 fully saturated rings. The normalized spacial score (nSPS) is 15.9. The van der Waals surface area contributed by atoms with Crippen molar-refractivity contribution in [2.24, 2.45) is 0 Å². The van der Waals surface area contributed by atoms with E-state index in [1.54, 1.807) is 4.90 Å². The third-order valence-corrected chi connectivity index (χ3v) is 4.81. The molecule has 0 saturated carbocycles. The van der Waals surface area contributed by atoms with Crippen LogP contribution in [0.1, 0.15) is 25.3 Å². The van der Waals surface area contributed by atoms with E-state index in [9.17, 15) is 4.79 Å². The van der Waals surface area contributed by atoms with Crippen molar-refractivity contribution < 1.29 is 9.53 Å². The molecule has 0 aliphatic carbocycles. The van der Waals surface area contributed by atoms with Crippen LogP contribution in [0.3, 0.4) is 0 Å². The van der Waals surface area contributed by atoms with Crippen LogP contribution in [0.2, 0.25) is 0 Å². The molecule has 116 valence electrons. The molecule has 0 spiro atoms. The van der Waals surface area contributed by atoms with E-state index in [2.05, 4.69) is 56.2 Å². The Labute approximate surface area is 142 Å². The number of carbonyl (C=O) groups excluding carboxylic acids is 1. The van der Waals surface area contributed by atoms with Crippen LogP contribution in [0, 0.1) is 6.92 Å². The maximum absolute atomic E-state index is 11.7. The van der Waals surface area contributed by atoms with Gasteiger partial charge in [0.1, 0.15) is 0 Å². The molecule has 4 nitrogen and oxygen atoms in total. The summed E-state index contributed by atoms with van der Waals surface area (Å²) in [7, 11) is 0. The first-order valence-electron chi connectivity index (χ1n) is 7.15. The average Bonchev–Trinajstić information content (AvgIpc) is 2.43. The molecule has 1 N–H and O–H groups in total. The second-order valence-corrected chi connectivity index (χ2v) is 6.92. The van der Waals surface area contributed by atoms with Gasteiger partial charge in [0.15, 0.2) is 0 Å². The van der Waals surface area contributed by atoms with E-state index in [4.69, 9.17) is 4.74 Å². The molecule has 0 unspecified atom stereocenters. The third kappa shape index (κ3) is 4.36. The number of nitrogens with one attached hydrogen (secondary N) is 1. The molecular weight excluding hydrogens is 400 g/mol. The highest BCUT2D eigenvalue weighted by molar-refractivity contribution is 9.11. The molecular formula is C15H20Br2N2O2. The lowest BCUT2D eigenvalue weighted by Gasteiger charge is -2.32. The molecule has 6 heteroatoms. The van der Waals surface area contributed by atoms with Crippen LogP contribution in [0.5, 0.6) is 0 Å². The summed E-state index contributed by atoms with van der Waals surface area (Å²) in [6, 6.07) is 4.56. The lowest BCUT2D eigenvalue weighted by molar-refractivity contribution is 0.0983. The number of halogens is 2. The molecule has 1 aromatic rings. The summed E-state index contributed by atoms with van der Waals surface area (Å²) in [5.74, 6) is 0. The van der Waals surface area contributed by atoms with Crippen LogP contribution in [0.4, 0.5) is 10.5 Å². The Hall–Kier alpha value is -0.750. The largest absolute Gasteiger partial charge is 0.450 e. The monoisotopic (exact) mass is 418 g/mol. The Balaban J connectivity index is 1.94. The SMILES string of the molecule is CCOC(=O)N1CCC(Nc2c(Br)cc(C)cc2Br)CC1. The summed E-state index contributed by atoms with van der Waals surface area (Å²) in [6.07, 6.45) is 1.64. The number of anilines is 1. The van der Waals surface area contributed by atoms with E-state index in [1.165, 1.54) is 5.56 Å². The number of nitrogens with zero attached hydrogens (tertiary/aromatic N) is 1. The second kappa shape index (κ2) is 7.49. The standard InChI is InChI=1S/C15H20Br2N2O2/c1-3-21-15(20)19-6-4-11(5-7-19)18-14-12(16)8-10(2)9-13(14)17/h8-9,11,18H,3-7H2,1-2H3. The van der Waals surface area contributed by atoms with Crippen molar-refractivity contribution in [3.8, 4) is 0 Å². The number of ether oxygens (including phenoxy) is 1. The minimum atomic E-state index is -0.200. The number of aryl methyl sites for hydroxylation is 1. The van der Waals surface area contributed by atoms with Crippen molar-refractivity contribution in [2.75, 3.05) is 25.0 Å². The number of piperidine rings is 1. The molecule has 21 heavy (non-hydrogen) atoms. The van der Waals surface area contributed by atoms with Gasteiger partial charge in [0.25, 0.3) is 0 Å². The molecule has 0 atom stereocenters. The quantitative estimate of drug-likeness (QED) is 0.781. The van der Waals surface area contributed by atoms with Gasteiger partial charge in [-0.05, 0) is 76.2 Å². The summed E-state index contributed by atoms with van der Waals surface area (Å²) < 4.78 is 7.15. The molecule has 1 amide bonds. The summed E-state index contributed by atoms with van der Waals surface area (Å²) in [6.45, 7) is 5.80. The van der Waals surface area contributed by atoms with Gasteiger partial charge in [0.2, 0.25) is 0 Å². The Kier molecular flexibility index (Phi) is 5.93. The fourth-order valence-corrected chi connectivity index (χ4v) is 4.11. The molecule has 1 heterocycles. The highest BCUT2D eigenvalue weighted by Crippen LogP contribution is 2.33. The first-order valence-corrected chi connectivity index (χ1v) is 8.73. The summed E-state index contributed by atoms with van der Waals surface area (Å²) in [5, 5.41) is 3.56. The molecule has 1 aliphatic heterocycles. The van der Waals surface area contributed by atoms with Gasteiger partial charge in [0.05, 0.1) is 12.3 Å². The van der Waals surface area contributed by atoms with Gasteiger partial charge in [-0.1, -0.05) is 0 Å². The van der Waals surface area contributed by atoms with Crippen molar-refractivity contribution in [3.63, 3.8) is 0 Å². The first-order chi connectivity index (χ1) is 10.0. The van der Waals surface area contributed by atoms with Crippen molar-refractivity contribution in [3.05, 3.63) is 26.6 Å². The van der Waals surface area contributed by atoms with E-state index >= 15 is 0 Å². The molecule has 1 saturated heterocycles. The van der Waals surface area contributed by atoms with Gasteiger partial charge in [-0.2, -0.15) is 0 Å². The number of hydrogen-bond acceptors (Lipinski definition) is 3. The highest BCUT2D eigenvalue weighted by Gasteiger charge is 2.24. The molecule has 0 radical (unpaired) electrons. The lowest BCUT2D eigenvalue weighted by Crippen LogP contribution is -2.42. The van der Waals surface area contributed by atoms with Gasteiger partial charge in [-0.15, -0.1) is 0 Å². The predicted octanol–water partition coefficient (Wildman–Crippen LogP) is 4.55. The number of carbonyl (C=O) groups is 1. The lowest BCUT2D eigenvalue weighted by atomic mass is 10.0. The summed E-state index contributed by atoms with van der Waals surface area (Å²) in [5.41, 5.74) is 2.28. The van der Waals surface area contributed by atoms with Crippen molar-refractivity contribution in [2.45, 2.75) is 32.7 Å².